The summed E-state index contributed by atoms with van der Waals surface area (Å²) in [5.41, 5.74) is 1.46. The summed E-state index contributed by atoms with van der Waals surface area (Å²) in [4.78, 5) is 35.8. The number of aromatic nitrogens is 3. The van der Waals surface area contributed by atoms with Crippen LogP contribution in [-0.4, -0.2) is 66.6 Å². The van der Waals surface area contributed by atoms with Gasteiger partial charge in [-0.2, -0.15) is 0 Å². The lowest BCUT2D eigenvalue weighted by molar-refractivity contribution is -0.131. The van der Waals surface area contributed by atoms with Gasteiger partial charge in [0, 0.05) is 56.3 Å². The molecule has 5 rings (SSSR count). The first-order valence-corrected chi connectivity index (χ1v) is 9.82. The van der Waals surface area contributed by atoms with Crippen molar-refractivity contribution in [3.8, 4) is 11.6 Å². The summed E-state index contributed by atoms with van der Waals surface area (Å²) >= 11 is 0. The molecule has 2 bridgehead atoms. The third kappa shape index (κ3) is 3.26. The molecule has 1 unspecified atom stereocenters. The molecule has 9 heteroatoms. The van der Waals surface area contributed by atoms with Gasteiger partial charge >= 0.3 is 6.09 Å². The van der Waals surface area contributed by atoms with Crippen LogP contribution in [0.2, 0.25) is 0 Å². The summed E-state index contributed by atoms with van der Waals surface area (Å²) in [6.07, 6.45) is 2.99. The van der Waals surface area contributed by atoms with Crippen LogP contribution in [0.3, 0.4) is 0 Å². The van der Waals surface area contributed by atoms with Crippen LogP contribution < -0.4 is 4.74 Å². The van der Waals surface area contributed by atoms with Gasteiger partial charge in [0.15, 0.2) is 0 Å². The second-order valence-corrected chi connectivity index (χ2v) is 7.78. The van der Waals surface area contributed by atoms with Crippen LogP contribution in [0, 0.1) is 0 Å². The van der Waals surface area contributed by atoms with Gasteiger partial charge in [-0.1, -0.05) is 0 Å². The third-order valence-corrected chi connectivity index (χ3v) is 5.91. The number of rotatable bonds is 4. The molecule has 0 saturated carbocycles. The number of hydrogen-bond donors (Lipinski definition) is 1. The number of hydrogen-bond acceptors (Lipinski definition) is 6. The minimum Gasteiger partial charge on any atom is -0.464 e. The Balaban J connectivity index is 1.28. The molecular formula is C21H21N5O4. The second-order valence-electron chi connectivity index (χ2n) is 7.78. The summed E-state index contributed by atoms with van der Waals surface area (Å²) in [7, 11) is 0. The fourth-order valence-corrected chi connectivity index (χ4v) is 4.53. The number of carbonyl (C=O) groups is 2. The number of amides is 1. The average Bonchev–Trinajstić information content (AvgIpc) is 3.41. The largest absolute Gasteiger partial charge is 0.464 e. The van der Waals surface area contributed by atoms with Crippen LogP contribution in [0.4, 0.5) is 4.79 Å². The van der Waals surface area contributed by atoms with E-state index in [0.717, 1.165) is 30.6 Å². The Morgan fingerprint density at radius 2 is 2.03 bits per heavy atom. The second kappa shape index (κ2) is 7.10. The van der Waals surface area contributed by atoms with Gasteiger partial charge in [0.1, 0.15) is 12.1 Å². The van der Waals surface area contributed by atoms with E-state index in [-0.39, 0.29) is 5.91 Å². The first-order valence-electron chi connectivity index (χ1n) is 9.82. The lowest BCUT2D eigenvalue weighted by atomic mass is 10.2. The zero-order chi connectivity index (χ0) is 20.8. The normalized spacial score (nSPS) is 20.8. The number of carbonyl (C=O) groups excluding carboxylic acids is 1. The molecule has 2 atom stereocenters. The summed E-state index contributed by atoms with van der Waals surface area (Å²) in [6.45, 7) is 3.96. The van der Waals surface area contributed by atoms with Crippen molar-refractivity contribution in [2.24, 2.45) is 0 Å². The van der Waals surface area contributed by atoms with Gasteiger partial charge in [-0.05, 0) is 30.7 Å². The highest BCUT2D eigenvalue weighted by atomic mass is 16.5. The first-order chi connectivity index (χ1) is 14.5. The lowest BCUT2D eigenvalue weighted by Crippen LogP contribution is -2.47. The van der Waals surface area contributed by atoms with Crippen molar-refractivity contribution < 1.29 is 19.4 Å². The number of nitrogens with zero attached hydrogens (tertiary/aromatic N) is 5. The summed E-state index contributed by atoms with van der Waals surface area (Å²) in [6, 6.07) is 9.44. The molecule has 2 aliphatic heterocycles. The molecule has 9 nitrogen and oxygen atoms in total. The molecule has 154 valence electrons. The Hall–Kier alpha value is -3.46. The minimum atomic E-state index is -1.03. The maximum atomic E-state index is 11.7. The number of benzene rings is 1. The van der Waals surface area contributed by atoms with E-state index in [1.807, 2.05) is 11.0 Å². The van der Waals surface area contributed by atoms with Gasteiger partial charge in [0.05, 0.1) is 11.2 Å². The molecule has 30 heavy (non-hydrogen) atoms. The quantitative estimate of drug-likeness (QED) is 0.709. The van der Waals surface area contributed by atoms with E-state index in [4.69, 9.17) is 4.74 Å². The monoisotopic (exact) mass is 407 g/mol. The van der Waals surface area contributed by atoms with E-state index in [9.17, 15) is 14.7 Å². The number of fused-ring (bicyclic) bond motifs is 3. The fraction of sp³-hybridized carbons (Fsp3) is 0.333. The van der Waals surface area contributed by atoms with Crippen LogP contribution in [0.1, 0.15) is 19.0 Å². The van der Waals surface area contributed by atoms with E-state index in [0.29, 0.717) is 35.8 Å². The predicted octanol–water partition coefficient (Wildman–Crippen LogP) is 2.55. The molecule has 0 radical (unpaired) electrons. The fourth-order valence-electron chi connectivity index (χ4n) is 4.53. The molecule has 2 aliphatic rings. The molecule has 4 heterocycles. The van der Waals surface area contributed by atoms with Crippen LogP contribution in [0.5, 0.6) is 11.6 Å². The number of ether oxygens (including phenoxy) is 1. The highest BCUT2D eigenvalue weighted by Gasteiger charge is 2.44. The Bertz CT molecular complexity index is 1140. The predicted molar refractivity (Wildman–Crippen MR) is 107 cm³/mol. The number of piperazine rings is 1. The molecule has 0 spiro atoms. The van der Waals surface area contributed by atoms with Crippen LogP contribution in [-0.2, 0) is 11.3 Å². The van der Waals surface area contributed by atoms with E-state index in [1.54, 1.807) is 31.2 Å². The van der Waals surface area contributed by atoms with Crippen LogP contribution in [0.15, 0.2) is 42.9 Å². The van der Waals surface area contributed by atoms with Gasteiger partial charge < -0.3 is 14.7 Å². The van der Waals surface area contributed by atoms with Crippen molar-refractivity contribution in [3.05, 3.63) is 48.5 Å². The molecular weight excluding hydrogens is 386 g/mol. The lowest BCUT2D eigenvalue weighted by Gasteiger charge is -2.33. The minimum absolute atomic E-state index is 0.149. The van der Waals surface area contributed by atoms with Crippen molar-refractivity contribution in [1.29, 1.82) is 0 Å². The van der Waals surface area contributed by atoms with Crippen molar-refractivity contribution in [1.82, 2.24) is 24.3 Å². The average molecular weight is 407 g/mol. The van der Waals surface area contributed by atoms with E-state index < -0.39 is 6.09 Å². The van der Waals surface area contributed by atoms with Crippen LogP contribution in [0.25, 0.3) is 10.9 Å². The summed E-state index contributed by atoms with van der Waals surface area (Å²) < 4.78 is 7.06. The van der Waals surface area contributed by atoms with E-state index in [2.05, 4.69) is 14.9 Å². The maximum absolute atomic E-state index is 11.7. The Morgan fingerprint density at radius 1 is 1.17 bits per heavy atom. The summed E-state index contributed by atoms with van der Waals surface area (Å²) in [5, 5.41) is 9.97. The highest BCUT2D eigenvalue weighted by Crippen LogP contribution is 2.32. The maximum Gasteiger partial charge on any atom is 0.415 e. The molecule has 1 aromatic carbocycles. The topological polar surface area (TPSA) is 101 Å². The van der Waals surface area contributed by atoms with Gasteiger partial charge in [-0.15, -0.1) is 0 Å². The van der Waals surface area contributed by atoms with Crippen LogP contribution >= 0.6 is 0 Å². The molecule has 2 saturated heterocycles. The molecule has 0 aliphatic carbocycles. The van der Waals surface area contributed by atoms with Crippen molar-refractivity contribution >= 4 is 22.9 Å². The van der Waals surface area contributed by atoms with Gasteiger partial charge in [-0.25, -0.2) is 14.8 Å². The first kappa shape index (κ1) is 18.6. The Kier molecular flexibility index (Phi) is 4.39. The molecule has 1 amide bonds. The third-order valence-electron chi connectivity index (χ3n) is 5.91. The van der Waals surface area contributed by atoms with Crippen molar-refractivity contribution in [3.63, 3.8) is 0 Å². The van der Waals surface area contributed by atoms with Gasteiger partial charge in [-0.3, -0.25) is 14.3 Å². The zero-order valence-corrected chi connectivity index (χ0v) is 16.4. The van der Waals surface area contributed by atoms with E-state index >= 15 is 0 Å². The smallest absolute Gasteiger partial charge is 0.415 e. The number of carboxylic acid groups (broad SMARTS) is 1. The molecule has 2 fully saturated rings. The zero-order valence-electron chi connectivity index (χ0n) is 16.4. The summed E-state index contributed by atoms with van der Waals surface area (Å²) in [5.74, 6) is 1.16. The SMILES string of the molecule is CC(=O)N1CC2C[C@H]1CN2Cc1cc(Oc2ccc3c(ccn3C(=O)O)c2)ncn1. The van der Waals surface area contributed by atoms with Crippen molar-refractivity contribution in [2.45, 2.75) is 32.0 Å². The molecule has 1 N–H and O–H groups in total. The number of likely N-dealkylation sites (tertiary alicyclic amines) is 2. The van der Waals surface area contributed by atoms with Gasteiger partial charge in [0.2, 0.25) is 11.8 Å². The Morgan fingerprint density at radius 3 is 2.77 bits per heavy atom. The van der Waals surface area contributed by atoms with Gasteiger partial charge in [0.25, 0.3) is 0 Å². The standard InChI is InChI=1S/C21H21N5O4/c1-13(27)26-11-16-8-17(26)10-24(16)9-15-7-20(23-12-22-15)30-18-2-3-19-14(6-18)4-5-25(19)21(28)29/h2-7,12,16-17H,8-11H2,1H3,(H,28,29)/t16?,17-/m0/s1. The molecule has 2 aromatic heterocycles. The van der Waals surface area contributed by atoms with E-state index in [1.165, 1.54) is 17.1 Å². The highest BCUT2D eigenvalue weighted by molar-refractivity contribution is 5.89. The van der Waals surface area contributed by atoms with Crippen molar-refractivity contribution in [2.75, 3.05) is 13.1 Å². The Labute approximate surface area is 172 Å². The molecule has 3 aromatic rings.